The Labute approximate surface area is 119 Å². The molecule has 1 amide bonds. The number of methoxy groups -OCH3 is 1. The lowest BCUT2D eigenvalue weighted by molar-refractivity contribution is 0.0269. The Bertz CT molecular complexity index is 428. The third kappa shape index (κ3) is 3.89. The summed E-state index contributed by atoms with van der Waals surface area (Å²) < 4.78 is 5.33. The molecule has 1 aliphatic heterocycles. The smallest absolute Gasteiger partial charge is 0.254 e. The van der Waals surface area contributed by atoms with E-state index in [1.807, 2.05) is 4.90 Å². The number of ether oxygens (including phenoxy) is 1. The molecule has 0 aliphatic carbocycles. The van der Waals surface area contributed by atoms with Crippen molar-refractivity contribution in [2.45, 2.75) is 25.5 Å². The van der Waals surface area contributed by atoms with Gasteiger partial charge in [-0.2, -0.15) is 0 Å². The Kier molecular flexibility index (Phi) is 6.21. The van der Waals surface area contributed by atoms with Crippen LogP contribution in [-0.4, -0.2) is 42.1 Å². The lowest BCUT2D eigenvalue weighted by Gasteiger charge is -2.32. The Morgan fingerprint density at radius 3 is 3.11 bits per heavy atom. The molecule has 1 aliphatic rings. The summed E-state index contributed by atoms with van der Waals surface area (Å²) in [6, 6.07) is 3.50. The van der Waals surface area contributed by atoms with Gasteiger partial charge in [0.05, 0.1) is 11.8 Å². The number of halogens is 1. The monoisotopic (exact) mass is 285 g/mol. The van der Waals surface area contributed by atoms with Crippen LogP contribution in [0.25, 0.3) is 0 Å². The maximum absolute atomic E-state index is 12.3. The number of carbonyl (C=O) groups excluding carboxylic acids is 1. The molecule has 2 rings (SSSR count). The molecule has 1 aromatic heterocycles. The molecular formula is C13H20ClN3O2. The minimum atomic E-state index is 0. The Morgan fingerprint density at radius 2 is 2.42 bits per heavy atom. The highest BCUT2D eigenvalue weighted by Gasteiger charge is 2.24. The summed E-state index contributed by atoms with van der Waals surface area (Å²) in [4.78, 5) is 18.3. The predicted molar refractivity (Wildman–Crippen MR) is 75.3 cm³/mol. The number of hydrogen-bond donors (Lipinski definition) is 1. The third-order valence-electron chi connectivity index (χ3n) is 3.27. The first-order valence-electron chi connectivity index (χ1n) is 6.21. The SMILES string of the molecule is COC1CCCN(C(=O)c2ccnc(CN)c2)C1.Cl. The molecule has 1 atom stereocenters. The minimum Gasteiger partial charge on any atom is -0.380 e. The lowest BCUT2D eigenvalue weighted by Crippen LogP contribution is -2.42. The molecule has 6 heteroatoms. The average Bonchev–Trinajstić information content (AvgIpc) is 2.46. The van der Waals surface area contributed by atoms with Gasteiger partial charge in [-0.25, -0.2) is 0 Å². The summed E-state index contributed by atoms with van der Waals surface area (Å²) in [6.45, 7) is 1.80. The van der Waals surface area contributed by atoms with E-state index in [0.29, 0.717) is 18.7 Å². The molecule has 0 bridgehead atoms. The van der Waals surface area contributed by atoms with Crippen molar-refractivity contribution in [3.63, 3.8) is 0 Å². The van der Waals surface area contributed by atoms with Gasteiger partial charge in [-0.15, -0.1) is 12.4 Å². The van der Waals surface area contributed by atoms with Crippen LogP contribution in [0.5, 0.6) is 0 Å². The molecule has 0 saturated carbocycles. The fourth-order valence-corrected chi connectivity index (χ4v) is 2.22. The second-order valence-corrected chi connectivity index (χ2v) is 4.49. The topological polar surface area (TPSA) is 68.5 Å². The fraction of sp³-hybridized carbons (Fsp3) is 0.538. The molecule has 106 valence electrons. The van der Waals surface area contributed by atoms with E-state index in [4.69, 9.17) is 10.5 Å². The van der Waals surface area contributed by atoms with E-state index in [1.165, 1.54) is 0 Å². The van der Waals surface area contributed by atoms with Crippen molar-refractivity contribution < 1.29 is 9.53 Å². The van der Waals surface area contributed by atoms with Crippen molar-refractivity contribution in [1.29, 1.82) is 0 Å². The van der Waals surface area contributed by atoms with Gasteiger partial charge in [0.15, 0.2) is 0 Å². The average molecular weight is 286 g/mol. The Hall–Kier alpha value is -1.17. The van der Waals surface area contributed by atoms with Gasteiger partial charge < -0.3 is 15.4 Å². The standard InChI is InChI=1S/C13H19N3O2.ClH/c1-18-12-3-2-6-16(9-12)13(17)10-4-5-15-11(7-10)8-14;/h4-5,7,12H,2-3,6,8-9,14H2,1H3;1H. The molecule has 0 spiro atoms. The van der Waals surface area contributed by atoms with Crippen molar-refractivity contribution in [3.8, 4) is 0 Å². The molecule has 5 nitrogen and oxygen atoms in total. The first-order valence-corrected chi connectivity index (χ1v) is 6.21. The summed E-state index contributed by atoms with van der Waals surface area (Å²) in [6.07, 6.45) is 3.79. The van der Waals surface area contributed by atoms with Crippen molar-refractivity contribution in [2.75, 3.05) is 20.2 Å². The van der Waals surface area contributed by atoms with E-state index in [2.05, 4.69) is 4.98 Å². The normalized spacial score (nSPS) is 18.8. The van der Waals surface area contributed by atoms with E-state index < -0.39 is 0 Å². The summed E-state index contributed by atoms with van der Waals surface area (Å²) in [5.74, 6) is 0.0360. The van der Waals surface area contributed by atoms with Gasteiger partial charge in [0.2, 0.25) is 0 Å². The van der Waals surface area contributed by atoms with Crippen LogP contribution in [0.2, 0.25) is 0 Å². The predicted octanol–water partition coefficient (Wildman–Crippen LogP) is 1.21. The van der Waals surface area contributed by atoms with E-state index in [0.717, 1.165) is 25.1 Å². The van der Waals surface area contributed by atoms with Crippen LogP contribution in [0.4, 0.5) is 0 Å². The quantitative estimate of drug-likeness (QED) is 0.906. The Morgan fingerprint density at radius 1 is 1.63 bits per heavy atom. The first kappa shape index (κ1) is 15.9. The number of nitrogens with two attached hydrogens (primary N) is 1. The van der Waals surface area contributed by atoms with E-state index in [-0.39, 0.29) is 24.4 Å². The van der Waals surface area contributed by atoms with Crippen molar-refractivity contribution in [1.82, 2.24) is 9.88 Å². The van der Waals surface area contributed by atoms with Gasteiger partial charge in [-0.3, -0.25) is 9.78 Å². The number of carbonyl (C=O) groups is 1. The zero-order valence-electron chi connectivity index (χ0n) is 11.0. The third-order valence-corrected chi connectivity index (χ3v) is 3.27. The second kappa shape index (κ2) is 7.43. The number of nitrogens with zero attached hydrogens (tertiary/aromatic N) is 2. The number of hydrogen-bond acceptors (Lipinski definition) is 4. The van der Waals surface area contributed by atoms with E-state index in [9.17, 15) is 4.79 Å². The highest BCUT2D eigenvalue weighted by molar-refractivity contribution is 5.94. The molecule has 2 N–H and O–H groups in total. The highest BCUT2D eigenvalue weighted by Crippen LogP contribution is 2.15. The van der Waals surface area contributed by atoms with Crippen molar-refractivity contribution in [2.24, 2.45) is 5.73 Å². The van der Waals surface area contributed by atoms with Crippen LogP contribution in [0.3, 0.4) is 0 Å². The van der Waals surface area contributed by atoms with Crippen molar-refractivity contribution >= 4 is 18.3 Å². The van der Waals surface area contributed by atoms with Gasteiger partial charge in [0.1, 0.15) is 0 Å². The largest absolute Gasteiger partial charge is 0.380 e. The van der Waals surface area contributed by atoms with Gasteiger partial charge >= 0.3 is 0 Å². The van der Waals surface area contributed by atoms with Gasteiger partial charge in [0, 0.05) is 38.5 Å². The van der Waals surface area contributed by atoms with Crippen molar-refractivity contribution in [3.05, 3.63) is 29.6 Å². The summed E-state index contributed by atoms with van der Waals surface area (Å²) in [5.41, 5.74) is 6.93. The fourth-order valence-electron chi connectivity index (χ4n) is 2.22. The van der Waals surface area contributed by atoms with Crippen LogP contribution in [0, 0.1) is 0 Å². The number of rotatable bonds is 3. The van der Waals surface area contributed by atoms with Crippen LogP contribution in [0.1, 0.15) is 28.9 Å². The van der Waals surface area contributed by atoms with Gasteiger partial charge in [-0.1, -0.05) is 0 Å². The Balaban J connectivity index is 0.00000180. The van der Waals surface area contributed by atoms with E-state index in [1.54, 1.807) is 25.4 Å². The molecule has 19 heavy (non-hydrogen) atoms. The van der Waals surface area contributed by atoms with Crippen LogP contribution in [-0.2, 0) is 11.3 Å². The lowest BCUT2D eigenvalue weighted by atomic mass is 10.1. The molecule has 2 heterocycles. The number of likely N-dealkylation sites (tertiary alicyclic amines) is 1. The van der Waals surface area contributed by atoms with Crippen LogP contribution in [0.15, 0.2) is 18.3 Å². The number of aromatic nitrogens is 1. The summed E-state index contributed by atoms with van der Waals surface area (Å²) >= 11 is 0. The summed E-state index contributed by atoms with van der Waals surface area (Å²) in [7, 11) is 1.69. The molecular weight excluding hydrogens is 266 g/mol. The molecule has 1 saturated heterocycles. The minimum absolute atomic E-state index is 0. The van der Waals surface area contributed by atoms with Crippen LogP contribution >= 0.6 is 12.4 Å². The summed E-state index contributed by atoms with van der Waals surface area (Å²) in [5, 5.41) is 0. The second-order valence-electron chi connectivity index (χ2n) is 4.49. The van der Waals surface area contributed by atoms with E-state index >= 15 is 0 Å². The highest BCUT2D eigenvalue weighted by atomic mass is 35.5. The maximum atomic E-state index is 12.3. The maximum Gasteiger partial charge on any atom is 0.254 e. The zero-order chi connectivity index (χ0) is 13.0. The molecule has 1 fully saturated rings. The number of piperidine rings is 1. The van der Waals surface area contributed by atoms with Gasteiger partial charge in [0.25, 0.3) is 5.91 Å². The van der Waals surface area contributed by atoms with Crippen LogP contribution < -0.4 is 5.73 Å². The molecule has 1 unspecified atom stereocenters. The molecule has 0 aromatic carbocycles. The van der Waals surface area contributed by atoms with Gasteiger partial charge in [-0.05, 0) is 25.0 Å². The molecule has 1 aromatic rings. The number of amides is 1. The first-order chi connectivity index (χ1) is 8.74. The molecule has 0 radical (unpaired) electrons. The number of pyridine rings is 1. The zero-order valence-corrected chi connectivity index (χ0v) is 11.9.